The summed E-state index contributed by atoms with van der Waals surface area (Å²) in [6.45, 7) is 0. The summed E-state index contributed by atoms with van der Waals surface area (Å²) in [7, 11) is 0. The van der Waals surface area contributed by atoms with Crippen LogP contribution in [0.3, 0.4) is 0 Å². The minimum atomic E-state index is -0.851. The molecule has 3 aliphatic carbocycles. The maximum absolute atomic E-state index is 9.72. The molecule has 0 aromatic carbocycles. The molecule has 0 saturated heterocycles. The summed E-state index contributed by atoms with van der Waals surface area (Å²) in [6, 6.07) is 1.39. The van der Waals surface area contributed by atoms with E-state index in [4.69, 9.17) is 10.8 Å². The van der Waals surface area contributed by atoms with E-state index in [1.54, 1.807) is 0 Å². The maximum atomic E-state index is 9.72. The van der Waals surface area contributed by atoms with Crippen molar-refractivity contribution in [1.82, 2.24) is 0 Å². The summed E-state index contributed by atoms with van der Waals surface area (Å²) in [5.74, 6) is -0.00422. The van der Waals surface area contributed by atoms with Crippen molar-refractivity contribution < 1.29 is 10.2 Å². The van der Waals surface area contributed by atoms with Gasteiger partial charge in [-0.1, -0.05) is 5.11 Å². The molecule has 0 spiro atoms. The second-order valence-corrected chi connectivity index (χ2v) is 4.30. The van der Waals surface area contributed by atoms with Crippen molar-refractivity contribution in [3.8, 4) is 6.07 Å². The Hall–Kier alpha value is -1.28. The Labute approximate surface area is 79.4 Å². The van der Waals surface area contributed by atoms with Crippen LogP contribution in [0.4, 0.5) is 0 Å². The number of hydrogen-bond donors (Lipinski definition) is 2. The maximum Gasteiger partial charge on any atom is 0.0899 e. The number of nitrogens with zero attached hydrogens (tertiary/aromatic N) is 4. The lowest BCUT2D eigenvalue weighted by Crippen LogP contribution is -2.50. The second kappa shape index (κ2) is 2.04. The van der Waals surface area contributed by atoms with Gasteiger partial charge in [0, 0.05) is 16.7 Å². The number of aliphatic hydroxyl groups is 2. The predicted octanol–water partition coefficient (Wildman–Crippen LogP) is -0.214. The van der Waals surface area contributed by atoms with Gasteiger partial charge in [-0.3, -0.25) is 0 Å². The molecule has 0 aliphatic heterocycles. The highest BCUT2D eigenvalue weighted by atomic mass is 16.3. The van der Waals surface area contributed by atoms with Gasteiger partial charge in [0.1, 0.15) is 0 Å². The zero-order valence-corrected chi connectivity index (χ0v) is 7.15. The quantitative estimate of drug-likeness (QED) is 0.340. The Morgan fingerprint density at radius 3 is 2.21 bits per heavy atom. The Morgan fingerprint density at radius 2 is 1.86 bits per heavy atom. The number of aliphatic hydroxyl groups excluding tert-OH is 2. The van der Waals surface area contributed by atoms with Crippen molar-refractivity contribution >= 4 is 0 Å². The van der Waals surface area contributed by atoms with Gasteiger partial charge >= 0.3 is 0 Å². The largest absolute Gasteiger partial charge is 0.392 e. The number of hydrogen-bond acceptors (Lipinski definition) is 4. The predicted molar refractivity (Wildman–Crippen MR) is 43.5 cm³/mol. The molecule has 72 valence electrons. The van der Waals surface area contributed by atoms with Crippen molar-refractivity contribution in [2.24, 2.45) is 28.3 Å². The molecule has 3 rings (SSSR count). The van der Waals surface area contributed by atoms with Crippen LogP contribution >= 0.6 is 0 Å². The molecular formula is C8H8N4O2. The van der Waals surface area contributed by atoms with Crippen LogP contribution < -0.4 is 0 Å². The van der Waals surface area contributed by atoms with Gasteiger partial charge in [-0.25, -0.2) is 0 Å². The lowest BCUT2D eigenvalue weighted by atomic mass is 9.76. The van der Waals surface area contributed by atoms with E-state index in [0.717, 1.165) is 0 Å². The van der Waals surface area contributed by atoms with Crippen LogP contribution in [-0.4, -0.2) is 28.5 Å². The monoisotopic (exact) mass is 192 g/mol. The number of nitriles is 1. The van der Waals surface area contributed by atoms with Crippen LogP contribution in [0.5, 0.6) is 0 Å². The highest BCUT2D eigenvalue weighted by molar-refractivity contribution is 5.46. The summed E-state index contributed by atoms with van der Waals surface area (Å²) >= 11 is 0. The van der Waals surface area contributed by atoms with E-state index < -0.39 is 23.7 Å². The second-order valence-electron chi connectivity index (χ2n) is 4.30. The number of fused-ring (bicyclic) bond motifs is 2. The van der Waals surface area contributed by atoms with Gasteiger partial charge in [-0.2, -0.15) is 5.26 Å². The summed E-state index contributed by atoms with van der Waals surface area (Å²) in [4.78, 5) is 2.60. The lowest BCUT2D eigenvalue weighted by Gasteiger charge is -2.36. The average molecular weight is 192 g/mol. The van der Waals surface area contributed by atoms with Crippen molar-refractivity contribution in [3.05, 3.63) is 10.4 Å². The molecule has 2 N–H and O–H groups in total. The summed E-state index contributed by atoms with van der Waals surface area (Å²) in [5.41, 5.74) is 7.77. The molecule has 4 unspecified atom stereocenters. The van der Waals surface area contributed by atoms with E-state index >= 15 is 0 Å². The van der Waals surface area contributed by atoms with Crippen LogP contribution in [0.2, 0.25) is 0 Å². The molecule has 0 heterocycles. The van der Waals surface area contributed by atoms with Crippen LogP contribution in [0, 0.1) is 34.5 Å². The van der Waals surface area contributed by atoms with Gasteiger partial charge in [0.15, 0.2) is 0 Å². The fraction of sp³-hybridized carbons (Fsp3) is 0.875. The minimum absolute atomic E-state index is 0.0728. The number of azide groups is 1. The van der Waals surface area contributed by atoms with Gasteiger partial charge in [0.25, 0.3) is 0 Å². The fourth-order valence-electron chi connectivity index (χ4n) is 3.29. The Kier molecular flexibility index (Phi) is 1.17. The zero-order chi connectivity index (χ0) is 10.1. The van der Waals surface area contributed by atoms with Gasteiger partial charge in [-0.15, -0.1) is 0 Å². The number of rotatable bonds is 1. The van der Waals surface area contributed by atoms with E-state index in [1.807, 2.05) is 0 Å². The third-order valence-electron chi connectivity index (χ3n) is 4.02. The molecular weight excluding hydrogens is 184 g/mol. The minimum Gasteiger partial charge on any atom is -0.392 e. The molecule has 0 aromatic rings. The standard InChI is InChI=1S/C8H8N4O2/c9-1-8-2-3(8)6(13)5(11-12-10)7(14)4(2)8/h2-7,13-14H. The fourth-order valence-corrected chi connectivity index (χ4v) is 3.29. The summed E-state index contributed by atoms with van der Waals surface area (Å²) in [6.07, 6.45) is -1.70. The summed E-state index contributed by atoms with van der Waals surface area (Å²) < 4.78 is 0. The molecule has 0 bridgehead atoms. The first-order chi connectivity index (χ1) is 6.70. The van der Waals surface area contributed by atoms with Gasteiger partial charge in [0.05, 0.1) is 29.7 Å². The topological polar surface area (TPSA) is 113 Å². The van der Waals surface area contributed by atoms with E-state index in [9.17, 15) is 10.2 Å². The zero-order valence-electron chi connectivity index (χ0n) is 7.15. The van der Waals surface area contributed by atoms with Crippen LogP contribution in [0.1, 0.15) is 0 Å². The summed E-state index contributed by atoms with van der Waals surface area (Å²) in [5, 5.41) is 31.7. The van der Waals surface area contributed by atoms with Crippen LogP contribution in [-0.2, 0) is 0 Å². The van der Waals surface area contributed by atoms with Crippen molar-refractivity contribution in [2.75, 3.05) is 0 Å². The normalized spacial score (nSPS) is 61.8. The Balaban J connectivity index is 1.92. The molecule has 6 nitrogen and oxygen atoms in total. The van der Waals surface area contributed by atoms with E-state index in [1.165, 1.54) is 0 Å². The smallest absolute Gasteiger partial charge is 0.0899 e. The van der Waals surface area contributed by atoms with E-state index in [2.05, 4.69) is 16.1 Å². The van der Waals surface area contributed by atoms with Crippen LogP contribution in [0.15, 0.2) is 5.11 Å². The average Bonchev–Trinajstić information content (AvgIpc) is 2.98. The first-order valence-electron chi connectivity index (χ1n) is 4.51. The molecule has 6 heteroatoms. The molecule has 3 fully saturated rings. The molecule has 14 heavy (non-hydrogen) atoms. The third kappa shape index (κ3) is 0.555. The molecule has 0 radical (unpaired) electrons. The Morgan fingerprint density at radius 1 is 1.29 bits per heavy atom. The van der Waals surface area contributed by atoms with Gasteiger partial charge < -0.3 is 10.2 Å². The molecule has 0 aromatic heterocycles. The molecule has 4 atom stereocenters. The van der Waals surface area contributed by atoms with Crippen molar-refractivity contribution in [2.45, 2.75) is 18.2 Å². The van der Waals surface area contributed by atoms with Crippen LogP contribution in [0.25, 0.3) is 10.4 Å². The van der Waals surface area contributed by atoms with Gasteiger partial charge in [-0.05, 0) is 11.4 Å². The lowest BCUT2D eigenvalue weighted by molar-refractivity contribution is -0.0467. The van der Waals surface area contributed by atoms with E-state index in [-0.39, 0.29) is 17.8 Å². The highest BCUT2D eigenvalue weighted by Crippen LogP contribution is 2.88. The molecule has 3 aliphatic rings. The van der Waals surface area contributed by atoms with Crippen molar-refractivity contribution in [3.63, 3.8) is 0 Å². The SMILES string of the molecule is N#CC12C3C(O)C(N=[N+]=[N-])C(O)C1C32. The van der Waals surface area contributed by atoms with Gasteiger partial charge in [0.2, 0.25) is 0 Å². The first kappa shape index (κ1) is 8.06. The Bertz CT molecular complexity index is 379. The van der Waals surface area contributed by atoms with Crippen molar-refractivity contribution in [1.29, 1.82) is 5.26 Å². The molecule has 0 amide bonds. The highest BCUT2D eigenvalue weighted by Gasteiger charge is 2.93. The first-order valence-corrected chi connectivity index (χ1v) is 4.51. The molecule has 3 saturated carbocycles. The third-order valence-corrected chi connectivity index (χ3v) is 4.02. The van der Waals surface area contributed by atoms with E-state index in [0.29, 0.717) is 0 Å².